The summed E-state index contributed by atoms with van der Waals surface area (Å²) >= 11 is 0. The van der Waals surface area contributed by atoms with E-state index >= 15 is 0 Å². The summed E-state index contributed by atoms with van der Waals surface area (Å²) in [5.74, 6) is 0.298. The molecule has 3 heterocycles. The minimum absolute atomic E-state index is 0.0721. The molecule has 8 nitrogen and oxygen atoms in total. The smallest absolute Gasteiger partial charge is 0.287 e. The van der Waals surface area contributed by atoms with Crippen molar-refractivity contribution in [3.05, 3.63) is 82.6 Å². The number of hydrogen-bond acceptors (Lipinski definition) is 5. The van der Waals surface area contributed by atoms with E-state index in [4.69, 9.17) is 8.83 Å². The van der Waals surface area contributed by atoms with E-state index in [1.807, 2.05) is 0 Å². The molecule has 0 radical (unpaired) electrons. The highest BCUT2D eigenvalue weighted by atomic mass is 16.4. The van der Waals surface area contributed by atoms with E-state index in [1.165, 1.54) is 23.0 Å². The molecule has 134 valence electrons. The van der Waals surface area contributed by atoms with Crippen LogP contribution in [0.25, 0.3) is 0 Å². The number of carbonyl (C=O) groups excluding carboxylic acids is 2. The average Bonchev–Trinajstić information content (AvgIpc) is 3.32. The standard InChI is InChI=1S/C18H17N3O5/c22-16(19-10-13-4-3-9-25-13)11-20-18(24)15-7-6-14(26-15)12-21-8-2-1-5-17(21)23/h1-9H,10-12H2,(H,19,22)(H,20,24). The van der Waals surface area contributed by atoms with Gasteiger partial charge in [-0.3, -0.25) is 14.4 Å². The van der Waals surface area contributed by atoms with Gasteiger partial charge in [-0.25, -0.2) is 0 Å². The van der Waals surface area contributed by atoms with E-state index in [-0.39, 0.29) is 36.9 Å². The van der Waals surface area contributed by atoms with Crippen molar-refractivity contribution in [2.45, 2.75) is 13.1 Å². The SMILES string of the molecule is O=C(CNC(=O)c1ccc(Cn2ccccc2=O)o1)NCc1ccco1. The monoisotopic (exact) mass is 355 g/mol. The molecule has 3 rings (SSSR count). The Labute approximate surface area is 148 Å². The molecule has 8 heteroatoms. The minimum Gasteiger partial charge on any atom is -0.467 e. The highest BCUT2D eigenvalue weighted by Crippen LogP contribution is 2.09. The average molecular weight is 355 g/mol. The Bertz CT molecular complexity index is 940. The van der Waals surface area contributed by atoms with Crippen LogP contribution in [-0.4, -0.2) is 22.9 Å². The Morgan fingerprint density at radius 3 is 2.65 bits per heavy atom. The maximum atomic E-state index is 12.0. The Kier molecular flexibility index (Phi) is 5.33. The van der Waals surface area contributed by atoms with Crippen molar-refractivity contribution in [3.8, 4) is 0 Å². The fourth-order valence-corrected chi connectivity index (χ4v) is 2.25. The van der Waals surface area contributed by atoms with Gasteiger partial charge in [-0.05, 0) is 30.3 Å². The summed E-state index contributed by atoms with van der Waals surface area (Å²) in [5, 5.41) is 5.09. The van der Waals surface area contributed by atoms with Crippen LogP contribution in [0.4, 0.5) is 0 Å². The molecule has 0 aliphatic carbocycles. The van der Waals surface area contributed by atoms with Gasteiger partial charge in [0.05, 0.1) is 25.9 Å². The van der Waals surface area contributed by atoms with Gasteiger partial charge >= 0.3 is 0 Å². The largest absolute Gasteiger partial charge is 0.467 e. The molecule has 2 N–H and O–H groups in total. The first-order valence-corrected chi connectivity index (χ1v) is 7.93. The van der Waals surface area contributed by atoms with Crippen LogP contribution < -0.4 is 16.2 Å². The lowest BCUT2D eigenvalue weighted by Crippen LogP contribution is -2.36. The summed E-state index contributed by atoms with van der Waals surface area (Å²) in [6, 6.07) is 11.4. The molecule has 0 atom stereocenters. The van der Waals surface area contributed by atoms with Gasteiger partial charge in [-0.1, -0.05) is 6.07 Å². The lowest BCUT2D eigenvalue weighted by atomic mass is 10.4. The molecular formula is C18H17N3O5. The van der Waals surface area contributed by atoms with Gasteiger partial charge in [-0.15, -0.1) is 0 Å². The summed E-state index contributed by atoms with van der Waals surface area (Å²) < 4.78 is 12.0. The minimum atomic E-state index is -0.509. The second-order valence-electron chi connectivity index (χ2n) is 5.47. The zero-order valence-electron chi connectivity index (χ0n) is 13.8. The Morgan fingerprint density at radius 1 is 1.00 bits per heavy atom. The summed E-state index contributed by atoms with van der Waals surface area (Å²) in [7, 11) is 0. The Hall–Kier alpha value is -3.55. The number of rotatable bonds is 7. The van der Waals surface area contributed by atoms with Crippen LogP contribution in [-0.2, 0) is 17.9 Å². The predicted octanol–water partition coefficient (Wildman–Crippen LogP) is 1.13. The van der Waals surface area contributed by atoms with Crippen molar-refractivity contribution < 1.29 is 18.4 Å². The number of furan rings is 2. The van der Waals surface area contributed by atoms with Crippen molar-refractivity contribution in [2.24, 2.45) is 0 Å². The predicted molar refractivity (Wildman–Crippen MR) is 91.4 cm³/mol. The van der Waals surface area contributed by atoms with E-state index in [0.717, 1.165) is 0 Å². The van der Waals surface area contributed by atoms with Crippen LogP contribution in [0.3, 0.4) is 0 Å². The fourth-order valence-electron chi connectivity index (χ4n) is 2.25. The first kappa shape index (κ1) is 17.3. The number of pyridine rings is 1. The van der Waals surface area contributed by atoms with Crippen LogP contribution in [0.2, 0.25) is 0 Å². The van der Waals surface area contributed by atoms with Crippen LogP contribution in [0, 0.1) is 0 Å². The Morgan fingerprint density at radius 2 is 1.88 bits per heavy atom. The van der Waals surface area contributed by atoms with Crippen molar-refractivity contribution in [3.63, 3.8) is 0 Å². The van der Waals surface area contributed by atoms with Gasteiger partial charge in [0.25, 0.3) is 11.5 Å². The fraction of sp³-hybridized carbons (Fsp3) is 0.167. The third kappa shape index (κ3) is 4.50. The maximum absolute atomic E-state index is 12.0. The van der Waals surface area contributed by atoms with Crippen molar-refractivity contribution in [1.82, 2.24) is 15.2 Å². The molecule has 0 fully saturated rings. The zero-order valence-corrected chi connectivity index (χ0v) is 13.8. The van der Waals surface area contributed by atoms with Crippen molar-refractivity contribution in [1.29, 1.82) is 0 Å². The molecule has 3 aromatic heterocycles. The van der Waals surface area contributed by atoms with E-state index in [1.54, 1.807) is 36.5 Å². The highest BCUT2D eigenvalue weighted by molar-refractivity contribution is 5.94. The molecule has 0 aromatic carbocycles. The molecule has 26 heavy (non-hydrogen) atoms. The van der Waals surface area contributed by atoms with Gasteiger partial charge in [0.15, 0.2) is 5.76 Å². The van der Waals surface area contributed by atoms with Crippen LogP contribution in [0.15, 0.2) is 68.6 Å². The van der Waals surface area contributed by atoms with Gasteiger partial charge < -0.3 is 24.0 Å². The lowest BCUT2D eigenvalue weighted by molar-refractivity contribution is -0.120. The number of hydrogen-bond donors (Lipinski definition) is 2. The molecule has 0 saturated carbocycles. The second kappa shape index (κ2) is 8.02. The molecule has 2 amide bonds. The topological polar surface area (TPSA) is 106 Å². The normalized spacial score (nSPS) is 10.5. The third-order valence-corrected chi connectivity index (χ3v) is 3.56. The summed E-state index contributed by atoms with van der Waals surface area (Å²) in [4.78, 5) is 35.4. The maximum Gasteiger partial charge on any atom is 0.287 e. The van der Waals surface area contributed by atoms with Crippen LogP contribution in [0.5, 0.6) is 0 Å². The molecule has 0 saturated heterocycles. The van der Waals surface area contributed by atoms with Crippen LogP contribution in [0.1, 0.15) is 22.1 Å². The third-order valence-electron chi connectivity index (χ3n) is 3.56. The number of carbonyl (C=O) groups is 2. The zero-order chi connectivity index (χ0) is 18.4. The Balaban J connectivity index is 1.49. The highest BCUT2D eigenvalue weighted by Gasteiger charge is 2.13. The van der Waals surface area contributed by atoms with Gasteiger partial charge in [0.2, 0.25) is 5.91 Å². The molecule has 0 aliphatic heterocycles. The summed E-state index contributed by atoms with van der Waals surface area (Å²) in [6.45, 7) is 0.280. The number of nitrogens with one attached hydrogen (secondary N) is 2. The number of amides is 2. The first-order chi connectivity index (χ1) is 12.6. The van der Waals surface area contributed by atoms with Crippen LogP contribution >= 0.6 is 0 Å². The molecule has 0 bridgehead atoms. The van der Waals surface area contributed by atoms with Gasteiger partial charge in [0.1, 0.15) is 11.5 Å². The molecule has 3 aromatic rings. The van der Waals surface area contributed by atoms with E-state index in [9.17, 15) is 14.4 Å². The first-order valence-electron chi connectivity index (χ1n) is 7.93. The van der Waals surface area contributed by atoms with Crippen molar-refractivity contribution in [2.75, 3.05) is 6.54 Å². The second-order valence-corrected chi connectivity index (χ2v) is 5.47. The number of aromatic nitrogens is 1. The van der Waals surface area contributed by atoms with E-state index in [2.05, 4.69) is 10.6 Å². The molecule has 0 spiro atoms. The van der Waals surface area contributed by atoms with E-state index < -0.39 is 5.91 Å². The lowest BCUT2D eigenvalue weighted by Gasteiger charge is -2.05. The van der Waals surface area contributed by atoms with Gasteiger partial charge in [0, 0.05) is 12.3 Å². The number of nitrogens with zero attached hydrogens (tertiary/aromatic N) is 1. The van der Waals surface area contributed by atoms with Gasteiger partial charge in [-0.2, -0.15) is 0 Å². The molecule has 0 aliphatic rings. The summed E-state index contributed by atoms with van der Waals surface area (Å²) in [6.07, 6.45) is 3.15. The van der Waals surface area contributed by atoms with E-state index in [0.29, 0.717) is 11.5 Å². The van der Waals surface area contributed by atoms with Crippen molar-refractivity contribution >= 4 is 11.8 Å². The quantitative estimate of drug-likeness (QED) is 0.661. The summed E-state index contributed by atoms with van der Waals surface area (Å²) in [5.41, 5.74) is -0.164. The molecular weight excluding hydrogens is 338 g/mol. The molecule has 0 unspecified atom stereocenters.